The molecule has 1 aliphatic heterocycles. The second kappa shape index (κ2) is 5.84. The van der Waals surface area contributed by atoms with E-state index in [9.17, 15) is 18.0 Å². The summed E-state index contributed by atoms with van der Waals surface area (Å²) < 4.78 is 26.1. The van der Waals surface area contributed by atoms with Crippen LogP contribution in [0.2, 0.25) is 0 Å². The largest absolute Gasteiger partial charge is 0.326 e. The summed E-state index contributed by atoms with van der Waals surface area (Å²) >= 11 is 4.89. The number of nitrogens with one attached hydrogen (secondary N) is 2. The molecule has 2 N–H and O–H groups in total. The Morgan fingerprint density at radius 3 is 2.50 bits per heavy atom. The van der Waals surface area contributed by atoms with Crippen molar-refractivity contribution < 1.29 is 18.0 Å². The molecule has 9 heteroatoms. The van der Waals surface area contributed by atoms with Gasteiger partial charge in [-0.25, -0.2) is 12.7 Å². The number of hydrogen-bond acceptors (Lipinski definition) is 5. The molecule has 0 spiro atoms. The third-order valence-corrected chi connectivity index (χ3v) is 5.66. The molecule has 1 fully saturated rings. The first kappa shape index (κ1) is 16.3. The van der Waals surface area contributed by atoms with Gasteiger partial charge in [0.15, 0.2) is 5.11 Å². The van der Waals surface area contributed by atoms with E-state index in [4.69, 9.17) is 12.2 Å². The first-order valence-electron chi connectivity index (χ1n) is 6.95. The Morgan fingerprint density at radius 2 is 1.88 bits per heavy atom. The molecule has 1 saturated heterocycles. The standard InChI is InChI=1S/C15H13N3O4S2/c1-9(19)16-12-4-2-11-7-13(5-3-10(11)6-12)24(21,22)18-8-14(20)17-15(18)23/h2-7H,8H2,1H3,(H,16,19)(H,17,20,23). The van der Waals surface area contributed by atoms with Gasteiger partial charge in [0.05, 0.1) is 4.90 Å². The summed E-state index contributed by atoms with van der Waals surface area (Å²) in [5, 5.41) is 6.32. The number of thiocarbonyl (C=S) groups is 1. The third kappa shape index (κ3) is 2.95. The van der Waals surface area contributed by atoms with Crippen LogP contribution in [0.3, 0.4) is 0 Å². The zero-order valence-electron chi connectivity index (χ0n) is 12.6. The number of sulfonamides is 1. The van der Waals surface area contributed by atoms with Crippen molar-refractivity contribution in [1.29, 1.82) is 0 Å². The SMILES string of the molecule is CC(=O)Nc1ccc2cc(S(=O)(=O)N3CC(=O)NC3=S)ccc2c1. The quantitative estimate of drug-likeness (QED) is 0.799. The zero-order valence-corrected chi connectivity index (χ0v) is 14.2. The Labute approximate surface area is 143 Å². The fourth-order valence-electron chi connectivity index (χ4n) is 2.41. The number of carbonyl (C=O) groups excluding carboxylic acids is 2. The topological polar surface area (TPSA) is 95.6 Å². The van der Waals surface area contributed by atoms with Crippen LogP contribution in [0.15, 0.2) is 41.3 Å². The van der Waals surface area contributed by atoms with Crippen molar-refractivity contribution in [3.8, 4) is 0 Å². The van der Waals surface area contributed by atoms with Crippen LogP contribution in [0, 0.1) is 0 Å². The van der Waals surface area contributed by atoms with Crippen molar-refractivity contribution in [3.63, 3.8) is 0 Å². The molecule has 7 nitrogen and oxygen atoms in total. The number of benzene rings is 2. The number of nitrogens with zero attached hydrogens (tertiary/aromatic N) is 1. The van der Waals surface area contributed by atoms with E-state index in [0.717, 1.165) is 9.69 Å². The summed E-state index contributed by atoms with van der Waals surface area (Å²) in [5.74, 6) is -0.641. The lowest BCUT2D eigenvalue weighted by molar-refractivity contribution is -0.118. The summed E-state index contributed by atoms with van der Waals surface area (Å²) in [6.07, 6.45) is 0. The van der Waals surface area contributed by atoms with Gasteiger partial charge < -0.3 is 10.6 Å². The molecule has 2 amide bonds. The van der Waals surface area contributed by atoms with Gasteiger partial charge in [0.2, 0.25) is 11.8 Å². The second-order valence-electron chi connectivity index (χ2n) is 5.27. The smallest absolute Gasteiger partial charge is 0.266 e. The fourth-order valence-corrected chi connectivity index (χ4v) is 4.20. The molecule has 2 aromatic carbocycles. The molecule has 1 aliphatic rings. The van der Waals surface area contributed by atoms with E-state index in [2.05, 4.69) is 10.6 Å². The number of hydrogen-bond donors (Lipinski definition) is 2. The predicted octanol–water partition coefficient (Wildman–Crippen LogP) is 1.20. The molecule has 0 saturated carbocycles. The van der Waals surface area contributed by atoms with Gasteiger partial charge in [-0.3, -0.25) is 9.59 Å². The molecular weight excluding hydrogens is 350 g/mol. The lowest BCUT2D eigenvalue weighted by Gasteiger charge is -2.16. The van der Waals surface area contributed by atoms with Crippen LogP contribution >= 0.6 is 12.2 Å². The van der Waals surface area contributed by atoms with Gasteiger partial charge in [-0.1, -0.05) is 12.1 Å². The number of fused-ring (bicyclic) bond motifs is 1. The second-order valence-corrected chi connectivity index (χ2v) is 7.52. The Balaban J connectivity index is 2.00. The van der Waals surface area contributed by atoms with E-state index in [1.807, 2.05) is 0 Å². The molecule has 0 aliphatic carbocycles. The molecule has 24 heavy (non-hydrogen) atoms. The van der Waals surface area contributed by atoms with Gasteiger partial charge >= 0.3 is 0 Å². The molecule has 0 atom stereocenters. The summed E-state index contributed by atoms with van der Waals surface area (Å²) in [6, 6.07) is 9.74. The van der Waals surface area contributed by atoms with Crippen LogP contribution in [-0.2, 0) is 19.6 Å². The van der Waals surface area contributed by atoms with Crippen LogP contribution in [0.5, 0.6) is 0 Å². The van der Waals surface area contributed by atoms with Crippen LogP contribution in [0.25, 0.3) is 10.8 Å². The molecule has 0 unspecified atom stereocenters. The Bertz CT molecular complexity index is 985. The van der Waals surface area contributed by atoms with Crippen molar-refractivity contribution in [2.75, 3.05) is 11.9 Å². The molecule has 3 rings (SSSR count). The van der Waals surface area contributed by atoms with E-state index in [1.54, 1.807) is 24.3 Å². The monoisotopic (exact) mass is 363 g/mol. The van der Waals surface area contributed by atoms with Crippen LogP contribution in [0.1, 0.15) is 6.92 Å². The first-order valence-corrected chi connectivity index (χ1v) is 8.80. The Kier molecular flexibility index (Phi) is 3.98. The molecular formula is C15H13N3O4S2. The highest BCUT2D eigenvalue weighted by Gasteiger charge is 2.34. The minimum atomic E-state index is -3.90. The lowest BCUT2D eigenvalue weighted by Crippen LogP contribution is -2.34. The molecule has 0 aromatic heterocycles. The highest BCUT2D eigenvalue weighted by atomic mass is 32.2. The Morgan fingerprint density at radius 1 is 1.21 bits per heavy atom. The van der Waals surface area contributed by atoms with E-state index < -0.39 is 15.9 Å². The minimum Gasteiger partial charge on any atom is -0.326 e. The van der Waals surface area contributed by atoms with Crippen molar-refractivity contribution in [2.24, 2.45) is 0 Å². The third-order valence-electron chi connectivity index (χ3n) is 3.48. The zero-order chi connectivity index (χ0) is 17.5. The summed E-state index contributed by atoms with van der Waals surface area (Å²) in [7, 11) is -3.90. The maximum absolute atomic E-state index is 12.6. The summed E-state index contributed by atoms with van der Waals surface area (Å²) in [5.41, 5.74) is 0.626. The van der Waals surface area contributed by atoms with E-state index in [-0.39, 0.29) is 22.5 Å². The average molecular weight is 363 g/mol. The molecule has 0 bridgehead atoms. The minimum absolute atomic E-state index is 0.0427. The molecule has 2 aromatic rings. The summed E-state index contributed by atoms with van der Waals surface area (Å²) in [4.78, 5) is 22.5. The van der Waals surface area contributed by atoms with Crippen molar-refractivity contribution in [3.05, 3.63) is 36.4 Å². The lowest BCUT2D eigenvalue weighted by atomic mass is 10.1. The first-order chi connectivity index (χ1) is 11.3. The Hall–Kier alpha value is -2.52. The average Bonchev–Trinajstić information content (AvgIpc) is 2.85. The predicted molar refractivity (Wildman–Crippen MR) is 92.9 cm³/mol. The van der Waals surface area contributed by atoms with Crippen molar-refractivity contribution in [1.82, 2.24) is 9.62 Å². The maximum atomic E-state index is 12.6. The van der Waals surface area contributed by atoms with Gasteiger partial charge in [0, 0.05) is 12.6 Å². The number of anilines is 1. The van der Waals surface area contributed by atoms with E-state index >= 15 is 0 Å². The number of carbonyl (C=O) groups is 2. The van der Waals surface area contributed by atoms with Crippen LogP contribution < -0.4 is 10.6 Å². The van der Waals surface area contributed by atoms with Gasteiger partial charge in [0.1, 0.15) is 6.54 Å². The number of amides is 2. The van der Waals surface area contributed by atoms with Gasteiger partial charge in [0.25, 0.3) is 10.0 Å². The van der Waals surface area contributed by atoms with E-state index in [1.165, 1.54) is 19.1 Å². The van der Waals surface area contributed by atoms with Gasteiger partial charge in [-0.05, 0) is 47.3 Å². The van der Waals surface area contributed by atoms with Crippen LogP contribution in [0.4, 0.5) is 5.69 Å². The number of rotatable bonds is 3. The highest BCUT2D eigenvalue weighted by Crippen LogP contribution is 2.25. The van der Waals surface area contributed by atoms with Crippen molar-refractivity contribution >= 4 is 55.6 Å². The van der Waals surface area contributed by atoms with Crippen LogP contribution in [-0.4, -0.2) is 36.2 Å². The molecule has 1 heterocycles. The maximum Gasteiger partial charge on any atom is 0.266 e. The van der Waals surface area contributed by atoms with Gasteiger partial charge in [-0.2, -0.15) is 0 Å². The van der Waals surface area contributed by atoms with Crippen molar-refractivity contribution in [2.45, 2.75) is 11.8 Å². The normalized spacial score (nSPS) is 14.8. The molecule has 0 radical (unpaired) electrons. The summed E-state index contributed by atoms with van der Waals surface area (Å²) in [6.45, 7) is 1.09. The fraction of sp³-hybridized carbons (Fsp3) is 0.133. The highest BCUT2D eigenvalue weighted by molar-refractivity contribution is 7.91. The van der Waals surface area contributed by atoms with Gasteiger partial charge in [-0.15, -0.1) is 0 Å². The molecule has 124 valence electrons. The van der Waals surface area contributed by atoms with E-state index in [0.29, 0.717) is 11.1 Å².